The van der Waals surface area contributed by atoms with Gasteiger partial charge < -0.3 is 21.3 Å². The first-order valence-corrected chi connectivity index (χ1v) is 9.29. The van der Waals surface area contributed by atoms with Crippen LogP contribution in [0.5, 0.6) is 0 Å². The minimum atomic E-state index is -0.472. The lowest BCUT2D eigenvalue weighted by Gasteiger charge is -2.17. The summed E-state index contributed by atoms with van der Waals surface area (Å²) >= 11 is 0. The Labute approximate surface area is 152 Å². The van der Waals surface area contributed by atoms with E-state index in [9.17, 15) is 14.4 Å². The summed E-state index contributed by atoms with van der Waals surface area (Å²) in [6.45, 7) is 5.10. The number of nitrogens with one attached hydrogen (secondary N) is 4. The van der Waals surface area contributed by atoms with E-state index >= 15 is 0 Å². The third-order valence-electron chi connectivity index (χ3n) is 4.18. The summed E-state index contributed by atoms with van der Waals surface area (Å²) in [6, 6.07) is -0.472. The highest BCUT2D eigenvalue weighted by Crippen LogP contribution is 2.07. The molecule has 7 heteroatoms. The molecule has 0 aliphatic heterocycles. The molecule has 25 heavy (non-hydrogen) atoms. The summed E-state index contributed by atoms with van der Waals surface area (Å²) in [6.07, 6.45) is 5.25. The van der Waals surface area contributed by atoms with Crippen LogP contribution in [-0.2, 0) is 14.4 Å². The average molecular weight is 357 g/mol. The van der Waals surface area contributed by atoms with Gasteiger partial charge in [0.25, 0.3) is 0 Å². The summed E-state index contributed by atoms with van der Waals surface area (Å²) in [5, 5.41) is 11.5. The van der Waals surface area contributed by atoms with Crippen molar-refractivity contribution in [2.24, 2.45) is 5.92 Å². The van der Waals surface area contributed by atoms with Crippen LogP contribution in [0.3, 0.4) is 0 Å². The zero-order chi connectivity index (χ0) is 19.1. The molecule has 146 valence electrons. The molecule has 0 aromatic rings. The minimum absolute atomic E-state index is 0.0537. The number of unbranched alkanes of at least 4 members (excludes halogenated alkanes) is 2. The summed E-state index contributed by atoms with van der Waals surface area (Å²) in [5.74, 6) is -0.602. The van der Waals surface area contributed by atoms with E-state index in [0.29, 0.717) is 6.42 Å². The van der Waals surface area contributed by atoms with Crippen molar-refractivity contribution in [1.29, 1.82) is 0 Å². The molecule has 7 nitrogen and oxygen atoms in total. The number of rotatable bonds is 15. The smallest absolute Gasteiger partial charge is 0.239 e. The maximum Gasteiger partial charge on any atom is 0.239 e. The molecule has 0 aliphatic rings. The van der Waals surface area contributed by atoms with Crippen molar-refractivity contribution in [3.05, 3.63) is 0 Å². The Morgan fingerprint density at radius 1 is 0.880 bits per heavy atom. The maximum absolute atomic E-state index is 12.0. The molecule has 0 saturated heterocycles. The zero-order valence-corrected chi connectivity index (χ0v) is 16.2. The number of carbonyl (C=O) groups is 3. The molecule has 0 bridgehead atoms. The largest absolute Gasteiger partial charge is 0.347 e. The van der Waals surface area contributed by atoms with Crippen molar-refractivity contribution in [1.82, 2.24) is 21.3 Å². The highest BCUT2D eigenvalue weighted by atomic mass is 16.2. The predicted molar refractivity (Wildman–Crippen MR) is 100 cm³/mol. The Morgan fingerprint density at radius 2 is 1.44 bits per heavy atom. The summed E-state index contributed by atoms with van der Waals surface area (Å²) in [4.78, 5) is 35.6. The van der Waals surface area contributed by atoms with Gasteiger partial charge in [-0.1, -0.05) is 13.3 Å². The Morgan fingerprint density at radius 3 is 1.96 bits per heavy atom. The normalized spacial score (nSPS) is 13.1. The SMILES string of the molecule is CNCCCCC(C)C(=O)NCC(=O)NC(CCCCNC)C(C)=O. The first kappa shape index (κ1) is 23.5. The van der Waals surface area contributed by atoms with Gasteiger partial charge in [-0.3, -0.25) is 14.4 Å². The minimum Gasteiger partial charge on any atom is -0.347 e. The van der Waals surface area contributed by atoms with Gasteiger partial charge in [-0.05, 0) is 66.2 Å². The van der Waals surface area contributed by atoms with Gasteiger partial charge in [0.05, 0.1) is 12.6 Å². The number of carbonyl (C=O) groups excluding carboxylic acids is 3. The zero-order valence-electron chi connectivity index (χ0n) is 16.2. The van der Waals surface area contributed by atoms with E-state index in [4.69, 9.17) is 0 Å². The highest BCUT2D eigenvalue weighted by Gasteiger charge is 2.18. The molecule has 0 rings (SSSR count). The van der Waals surface area contributed by atoms with Crippen molar-refractivity contribution in [2.45, 2.75) is 58.4 Å². The average Bonchev–Trinajstić information content (AvgIpc) is 2.58. The summed E-state index contributed by atoms with van der Waals surface area (Å²) < 4.78 is 0. The van der Waals surface area contributed by atoms with E-state index in [0.717, 1.165) is 45.2 Å². The Balaban J connectivity index is 4.07. The van der Waals surface area contributed by atoms with Crippen LogP contribution >= 0.6 is 0 Å². The van der Waals surface area contributed by atoms with E-state index in [1.807, 2.05) is 21.0 Å². The standard InChI is InChI=1S/C18H36N4O3/c1-14(9-5-7-11-19-3)18(25)21-13-17(24)22-16(15(2)23)10-6-8-12-20-4/h14,16,19-20H,5-13H2,1-4H3,(H,21,25)(H,22,24). The molecule has 0 heterocycles. The van der Waals surface area contributed by atoms with Gasteiger partial charge in [-0.15, -0.1) is 0 Å². The van der Waals surface area contributed by atoms with Gasteiger partial charge in [0.1, 0.15) is 0 Å². The molecule has 2 amide bonds. The summed E-state index contributed by atoms with van der Waals surface area (Å²) in [5.41, 5.74) is 0. The van der Waals surface area contributed by atoms with E-state index in [1.54, 1.807) is 0 Å². The van der Waals surface area contributed by atoms with Crippen LogP contribution in [0.4, 0.5) is 0 Å². The molecule has 0 spiro atoms. The molecule has 0 radical (unpaired) electrons. The third-order valence-corrected chi connectivity index (χ3v) is 4.18. The monoisotopic (exact) mass is 356 g/mol. The van der Waals surface area contributed by atoms with Gasteiger partial charge in [0.2, 0.25) is 11.8 Å². The Bertz CT molecular complexity index is 402. The molecule has 2 atom stereocenters. The van der Waals surface area contributed by atoms with E-state index in [-0.39, 0.29) is 30.1 Å². The molecular formula is C18H36N4O3. The van der Waals surface area contributed by atoms with Crippen LogP contribution < -0.4 is 21.3 Å². The lowest BCUT2D eigenvalue weighted by atomic mass is 10.0. The van der Waals surface area contributed by atoms with Gasteiger partial charge in [0, 0.05) is 5.92 Å². The van der Waals surface area contributed by atoms with Gasteiger partial charge >= 0.3 is 0 Å². The van der Waals surface area contributed by atoms with Crippen molar-refractivity contribution in [2.75, 3.05) is 33.7 Å². The molecule has 4 N–H and O–H groups in total. The second kappa shape index (κ2) is 14.8. The third kappa shape index (κ3) is 12.5. The fourth-order valence-electron chi connectivity index (χ4n) is 2.50. The fraction of sp³-hybridized carbons (Fsp3) is 0.833. The van der Waals surface area contributed by atoms with Crippen LogP contribution in [0.2, 0.25) is 0 Å². The molecule has 2 unspecified atom stereocenters. The molecule has 0 aromatic heterocycles. The van der Waals surface area contributed by atoms with Crippen LogP contribution in [0.15, 0.2) is 0 Å². The maximum atomic E-state index is 12.0. The fourth-order valence-corrected chi connectivity index (χ4v) is 2.50. The summed E-state index contributed by atoms with van der Waals surface area (Å²) in [7, 11) is 3.79. The lowest BCUT2D eigenvalue weighted by Crippen LogP contribution is -2.45. The molecular weight excluding hydrogens is 320 g/mol. The first-order chi connectivity index (χ1) is 11.9. The van der Waals surface area contributed by atoms with E-state index in [1.165, 1.54) is 6.92 Å². The number of hydrogen-bond acceptors (Lipinski definition) is 5. The number of hydrogen-bond donors (Lipinski definition) is 4. The molecule has 0 aliphatic carbocycles. The number of Topliss-reactive ketones (excluding diaryl/α,β-unsaturated/α-hetero) is 1. The van der Waals surface area contributed by atoms with Crippen molar-refractivity contribution < 1.29 is 14.4 Å². The second-order valence-electron chi connectivity index (χ2n) is 6.55. The number of amides is 2. The van der Waals surface area contributed by atoms with Crippen LogP contribution in [0, 0.1) is 5.92 Å². The van der Waals surface area contributed by atoms with Crippen LogP contribution in [0.1, 0.15) is 52.4 Å². The van der Waals surface area contributed by atoms with Gasteiger partial charge in [0.15, 0.2) is 5.78 Å². The van der Waals surface area contributed by atoms with Crippen LogP contribution in [0.25, 0.3) is 0 Å². The Hall–Kier alpha value is -1.47. The topological polar surface area (TPSA) is 99.3 Å². The molecule has 0 saturated carbocycles. The lowest BCUT2D eigenvalue weighted by molar-refractivity contribution is -0.129. The molecule has 0 fully saturated rings. The van der Waals surface area contributed by atoms with Crippen molar-refractivity contribution in [3.8, 4) is 0 Å². The highest BCUT2D eigenvalue weighted by molar-refractivity contribution is 5.90. The number of ketones is 1. The predicted octanol–water partition coefficient (Wildman–Crippen LogP) is 0.592. The molecule has 0 aromatic carbocycles. The second-order valence-corrected chi connectivity index (χ2v) is 6.55. The van der Waals surface area contributed by atoms with Gasteiger partial charge in [-0.2, -0.15) is 0 Å². The Kier molecular flexibility index (Phi) is 14.0. The van der Waals surface area contributed by atoms with E-state index in [2.05, 4.69) is 21.3 Å². The van der Waals surface area contributed by atoms with E-state index < -0.39 is 6.04 Å². The van der Waals surface area contributed by atoms with Crippen LogP contribution in [-0.4, -0.2) is 57.4 Å². The van der Waals surface area contributed by atoms with Crippen molar-refractivity contribution >= 4 is 17.6 Å². The van der Waals surface area contributed by atoms with Crippen molar-refractivity contribution in [3.63, 3.8) is 0 Å². The quantitative estimate of drug-likeness (QED) is 0.322. The first-order valence-electron chi connectivity index (χ1n) is 9.29. The van der Waals surface area contributed by atoms with Gasteiger partial charge in [-0.25, -0.2) is 0 Å².